The van der Waals surface area contributed by atoms with E-state index in [9.17, 15) is 4.79 Å². The second kappa shape index (κ2) is 8.06. The van der Waals surface area contributed by atoms with Gasteiger partial charge in [0.15, 0.2) is 5.69 Å². The number of hydrogen-bond acceptors (Lipinski definition) is 3. The number of carbonyl (C=O) groups is 1. The molecule has 0 saturated carbocycles. The molecule has 1 heterocycles. The molecule has 0 saturated heterocycles. The molecule has 6 heteroatoms. The average molecular weight is 463 g/mol. The smallest absolute Gasteiger partial charge is 0.272 e. The van der Waals surface area contributed by atoms with Crippen molar-refractivity contribution in [3.8, 4) is 11.3 Å². The van der Waals surface area contributed by atoms with Gasteiger partial charge in [0.1, 0.15) is 5.69 Å². The van der Waals surface area contributed by atoms with Crippen molar-refractivity contribution in [3.05, 3.63) is 57.1 Å². The molecule has 0 fully saturated rings. The molecule has 0 radical (unpaired) electrons. The second-order valence-electron chi connectivity index (χ2n) is 5.67. The standard InChI is InChI=1S/C19H17Br2N3O/c1-2-3-9-22-19(25)18-17(12-5-4-6-13(20)10-12)24-16-11-14(21)7-8-15(16)23-18/h4-8,10-11H,2-3,9H2,1H3,(H,22,25). The summed E-state index contributed by atoms with van der Waals surface area (Å²) >= 11 is 6.94. The van der Waals surface area contributed by atoms with Gasteiger partial charge in [0, 0.05) is 21.1 Å². The Bertz CT molecular complexity index is 928. The lowest BCUT2D eigenvalue weighted by Gasteiger charge is -2.11. The summed E-state index contributed by atoms with van der Waals surface area (Å²) in [6.45, 7) is 2.72. The Morgan fingerprint density at radius 3 is 2.60 bits per heavy atom. The number of nitrogens with one attached hydrogen (secondary N) is 1. The van der Waals surface area contributed by atoms with Gasteiger partial charge in [-0.05, 0) is 36.8 Å². The SMILES string of the molecule is CCCCNC(=O)c1nc2ccc(Br)cc2nc1-c1cccc(Br)c1. The maximum Gasteiger partial charge on any atom is 0.272 e. The number of unbranched alkanes of at least 4 members (excludes halogenated alkanes) is 1. The van der Waals surface area contributed by atoms with Crippen LogP contribution in [0.5, 0.6) is 0 Å². The van der Waals surface area contributed by atoms with Crippen molar-refractivity contribution < 1.29 is 4.79 Å². The van der Waals surface area contributed by atoms with Gasteiger partial charge in [-0.1, -0.05) is 57.3 Å². The molecule has 0 unspecified atom stereocenters. The van der Waals surface area contributed by atoms with E-state index in [2.05, 4.69) is 49.1 Å². The molecule has 0 aliphatic carbocycles. The lowest BCUT2D eigenvalue weighted by molar-refractivity contribution is 0.0949. The third-order valence-corrected chi connectivity index (χ3v) is 4.74. The van der Waals surface area contributed by atoms with E-state index in [0.717, 1.165) is 32.9 Å². The number of benzene rings is 2. The minimum atomic E-state index is -0.194. The number of fused-ring (bicyclic) bond motifs is 1. The van der Waals surface area contributed by atoms with Gasteiger partial charge < -0.3 is 5.32 Å². The summed E-state index contributed by atoms with van der Waals surface area (Å²) in [5.74, 6) is -0.194. The molecule has 0 aliphatic rings. The normalized spacial score (nSPS) is 10.8. The highest BCUT2D eigenvalue weighted by Crippen LogP contribution is 2.27. The van der Waals surface area contributed by atoms with Gasteiger partial charge in [-0.3, -0.25) is 4.79 Å². The molecule has 3 aromatic rings. The fourth-order valence-electron chi connectivity index (χ4n) is 2.49. The molecular formula is C19H17Br2N3O. The first-order valence-corrected chi connectivity index (χ1v) is 9.68. The maximum atomic E-state index is 12.7. The van der Waals surface area contributed by atoms with Crippen LogP contribution in [0.3, 0.4) is 0 Å². The zero-order valence-electron chi connectivity index (χ0n) is 13.7. The van der Waals surface area contributed by atoms with Crippen molar-refractivity contribution in [1.29, 1.82) is 0 Å². The highest BCUT2D eigenvalue weighted by Gasteiger charge is 2.18. The molecule has 1 N–H and O–H groups in total. The van der Waals surface area contributed by atoms with E-state index >= 15 is 0 Å². The van der Waals surface area contributed by atoms with Crippen LogP contribution in [0, 0.1) is 0 Å². The Morgan fingerprint density at radius 1 is 1.04 bits per heavy atom. The summed E-state index contributed by atoms with van der Waals surface area (Å²) < 4.78 is 1.85. The van der Waals surface area contributed by atoms with Gasteiger partial charge in [-0.15, -0.1) is 0 Å². The molecule has 0 atom stereocenters. The van der Waals surface area contributed by atoms with Crippen molar-refractivity contribution in [1.82, 2.24) is 15.3 Å². The van der Waals surface area contributed by atoms with Crippen LogP contribution in [-0.4, -0.2) is 22.4 Å². The number of amides is 1. The molecule has 3 rings (SSSR count). The number of nitrogens with zero attached hydrogens (tertiary/aromatic N) is 2. The average Bonchev–Trinajstić information content (AvgIpc) is 2.60. The Hall–Kier alpha value is -1.79. The van der Waals surface area contributed by atoms with Crippen LogP contribution < -0.4 is 5.32 Å². The van der Waals surface area contributed by atoms with Crippen molar-refractivity contribution in [3.63, 3.8) is 0 Å². The highest BCUT2D eigenvalue weighted by molar-refractivity contribution is 9.10. The van der Waals surface area contributed by atoms with Gasteiger partial charge in [-0.25, -0.2) is 9.97 Å². The lowest BCUT2D eigenvalue weighted by Crippen LogP contribution is -2.26. The van der Waals surface area contributed by atoms with E-state index in [4.69, 9.17) is 4.98 Å². The van der Waals surface area contributed by atoms with Crippen LogP contribution in [-0.2, 0) is 0 Å². The maximum absolute atomic E-state index is 12.7. The van der Waals surface area contributed by atoms with Crippen molar-refractivity contribution in [2.45, 2.75) is 19.8 Å². The molecule has 1 amide bonds. The number of halogens is 2. The molecule has 128 valence electrons. The summed E-state index contributed by atoms with van der Waals surface area (Å²) in [6, 6.07) is 13.4. The van der Waals surface area contributed by atoms with Gasteiger partial charge in [0.2, 0.25) is 0 Å². The second-order valence-corrected chi connectivity index (χ2v) is 7.51. The number of carbonyl (C=O) groups excluding carboxylic acids is 1. The minimum Gasteiger partial charge on any atom is -0.351 e. The Morgan fingerprint density at radius 2 is 1.84 bits per heavy atom. The molecule has 0 spiro atoms. The topological polar surface area (TPSA) is 54.9 Å². The van der Waals surface area contributed by atoms with E-state index in [1.807, 2.05) is 42.5 Å². The molecule has 2 aromatic carbocycles. The minimum absolute atomic E-state index is 0.194. The van der Waals surface area contributed by atoms with Crippen LogP contribution in [0.4, 0.5) is 0 Å². The molecule has 1 aromatic heterocycles. The monoisotopic (exact) mass is 461 g/mol. The van der Waals surface area contributed by atoms with Crippen molar-refractivity contribution in [2.75, 3.05) is 6.54 Å². The molecular weight excluding hydrogens is 446 g/mol. The van der Waals surface area contributed by atoms with E-state index in [1.54, 1.807) is 0 Å². The van der Waals surface area contributed by atoms with E-state index < -0.39 is 0 Å². The zero-order chi connectivity index (χ0) is 17.8. The van der Waals surface area contributed by atoms with Crippen LogP contribution in [0.2, 0.25) is 0 Å². The molecule has 25 heavy (non-hydrogen) atoms. The van der Waals surface area contributed by atoms with Gasteiger partial charge in [-0.2, -0.15) is 0 Å². The third-order valence-electron chi connectivity index (χ3n) is 3.76. The number of rotatable bonds is 5. The van der Waals surface area contributed by atoms with Gasteiger partial charge >= 0.3 is 0 Å². The first-order valence-electron chi connectivity index (χ1n) is 8.10. The molecule has 0 bridgehead atoms. The summed E-state index contributed by atoms with van der Waals surface area (Å²) in [6.07, 6.45) is 1.96. The summed E-state index contributed by atoms with van der Waals surface area (Å²) in [5.41, 5.74) is 3.23. The van der Waals surface area contributed by atoms with Crippen molar-refractivity contribution >= 4 is 48.8 Å². The fourth-order valence-corrected chi connectivity index (χ4v) is 3.23. The first kappa shape index (κ1) is 18.0. The predicted molar refractivity (Wildman–Crippen MR) is 108 cm³/mol. The van der Waals surface area contributed by atoms with E-state index in [-0.39, 0.29) is 5.91 Å². The third kappa shape index (κ3) is 4.25. The largest absolute Gasteiger partial charge is 0.351 e. The van der Waals surface area contributed by atoms with Crippen LogP contribution in [0.25, 0.3) is 22.3 Å². The number of hydrogen-bond donors (Lipinski definition) is 1. The zero-order valence-corrected chi connectivity index (χ0v) is 16.9. The Labute approximate surface area is 163 Å². The van der Waals surface area contributed by atoms with Crippen molar-refractivity contribution in [2.24, 2.45) is 0 Å². The summed E-state index contributed by atoms with van der Waals surface area (Å²) in [7, 11) is 0. The fraction of sp³-hybridized carbons (Fsp3) is 0.211. The number of aromatic nitrogens is 2. The molecule has 0 aliphatic heterocycles. The van der Waals surface area contributed by atoms with Crippen LogP contribution >= 0.6 is 31.9 Å². The van der Waals surface area contributed by atoms with Gasteiger partial charge in [0.05, 0.1) is 11.0 Å². The summed E-state index contributed by atoms with van der Waals surface area (Å²) in [4.78, 5) is 22.0. The quantitative estimate of drug-likeness (QED) is 0.520. The van der Waals surface area contributed by atoms with E-state index in [0.29, 0.717) is 23.4 Å². The predicted octanol–water partition coefficient (Wildman–Crippen LogP) is 5.35. The molecule has 4 nitrogen and oxygen atoms in total. The highest BCUT2D eigenvalue weighted by atomic mass is 79.9. The van der Waals surface area contributed by atoms with Crippen LogP contribution in [0.1, 0.15) is 30.3 Å². The lowest BCUT2D eigenvalue weighted by atomic mass is 10.1. The first-order chi connectivity index (χ1) is 12.1. The summed E-state index contributed by atoms with van der Waals surface area (Å²) in [5, 5.41) is 2.94. The van der Waals surface area contributed by atoms with Gasteiger partial charge in [0.25, 0.3) is 5.91 Å². The Balaban J connectivity index is 2.13. The van der Waals surface area contributed by atoms with E-state index in [1.165, 1.54) is 0 Å². The Kier molecular flexibility index (Phi) is 5.81. The van der Waals surface area contributed by atoms with Crippen LogP contribution in [0.15, 0.2) is 51.4 Å².